The largest absolute Gasteiger partial charge is 0.356 e. The van der Waals surface area contributed by atoms with Gasteiger partial charge in [-0.25, -0.2) is 15.0 Å². The molecule has 1 fully saturated rings. The van der Waals surface area contributed by atoms with Crippen LogP contribution in [-0.4, -0.2) is 33.9 Å². The number of hydrogen-bond donors (Lipinski definition) is 1. The van der Waals surface area contributed by atoms with Crippen molar-refractivity contribution < 1.29 is 4.79 Å². The first-order valence-electron chi connectivity index (χ1n) is 10.0. The highest BCUT2D eigenvalue weighted by atomic mass is 32.1. The molecule has 1 aliphatic heterocycles. The third-order valence-corrected chi connectivity index (χ3v) is 6.39. The lowest BCUT2D eigenvalue weighted by molar-refractivity contribution is -0.120. The van der Waals surface area contributed by atoms with Gasteiger partial charge in [0.15, 0.2) is 5.13 Å². The normalized spacial score (nSPS) is 14.7. The van der Waals surface area contributed by atoms with E-state index in [2.05, 4.69) is 25.2 Å². The summed E-state index contributed by atoms with van der Waals surface area (Å²) in [6.45, 7) is 1.59. The lowest BCUT2D eigenvalue weighted by atomic mass is 9.96. The van der Waals surface area contributed by atoms with E-state index < -0.39 is 0 Å². The molecule has 2 aromatic carbocycles. The summed E-state index contributed by atoms with van der Waals surface area (Å²) in [6.07, 6.45) is 3.20. The van der Waals surface area contributed by atoms with E-state index in [0.29, 0.717) is 5.13 Å². The summed E-state index contributed by atoms with van der Waals surface area (Å²) in [6, 6.07) is 20.1. The molecule has 4 aromatic rings. The van der Waals surface area contributed by atoms with Crippen molar-refractivity contribution in [2.45, 2.75) is 12.8 Å². The summed E-state index contributed by atoms with van der Waals surface area (Å²) < 4.78 is 1.08. The van der Waals surface area contributed by atoms with Crippen LogP contribution in [-0.2, 0) is 4.79 Å². The fourth-order valence-electron chi connectivity index (χ4n) is 3.79. The molecule has 150 valence electrons. The molecule has 6 nitrogen and oxygen atoms in total. The smallest absolute Gasteiger partial charge is 0.229 e. The predicted octanol–water partition coefficient (Wildman–Crippen LogP) is 4.61. The van der Waals surface area contributed by atoms with E-state index in [4.69, 9.17) is 0 Å². The Morgan fingerprint density at radius 2 is 1.77 bits per heavy atom. The number of carbonyl (C=O) groups is 1. The molecule has 5 rings (SSSR count). The molecule has 1 amide bonds. The highest BCUT2D eigenvalue weighted by Gasteiger charge is 2.26. The average molecular weight is 416 g/mol. The fraction of sp³-hybridized carbons (Fsp3) is 0.217. The van der Waals surface area contributed by atoms with E-state index >= 15 is 0 Å². The Balaban J connectivity index is 1.22. The first-order chi connectivity index (χ1) is 14.8. The molecule has 3 heterocycles. The van der Waals surface area contributed by atoms with Gasteiger partial charge in [0, 0.05) is 30.6 Å². The van der Waals surface area contributed by atoms with Gasteiger partial charge in [-0.1, -0.05) is 53.8 Å². The van der Waals surface area contributed by atoms with Crippen LogP contribution in [0.1, 0.15) is 12.8 Å². The molecule has 1 N–H and O–H groups in total. The molecule has 0 spiro atoms. The number of aromatic nitrogens is 3. The monoisotopic (exact) mass is 415 g/mol. The number of hydrogen-bond acceptors (Lipinski definition) is 6. The van der Waals surface area contributed by atoms with Crippen LogP contribution in [0.3, 0.4) is 0 Å². The quantitative estimate of drug-likeness (QED) is 0.527. The van der Waals surface area contributed by atoms with Crippen LogP contribution in [0.4, 0.5) is 10.9 Å². The molecule has 0 unspecified atom stereocenters. The summed E-state index contributed by atoms with van der Waals surface area (Å²) in [5, 5.41) is 3.68. The number of para-hydroxylation sites is 1. The van der Waals surface area contributed by atoms with Crippen LogP contribution >= 0.6 is 11.3 Å². The van der Waals surface area contributed by atoms with Gasteiger partial charge in [-0.3, -0.25) is 4.79 Å². The number of fused-ring (bicyclic) bond motifs is 1. The SMILES string of the molecule is O=C(Nc1nc2ccccc2s1)C1CCN(c2cc(-c3ccccc3)ncn2)CC1. The number of amides is 1. The Kier molecular flexibility index (Phi) is 5.11. The second kappa shape index (κ2) is 8.20. The second-order valence-electron chi connectivity index (χ2n) is 7.36. The Morgan fingerprint density at radius 3 is 2.57 bits per heavy atom. The van der Waals surface area contributed by atoms with E-state index in [1.807, 2.05) is 60.7 Å². The van der Waals surface area contributed by atoms with Gasteiger partial charge < -0.3 is 10.2 Å². The number of nitrogens with zero attached hydrogens (tertiary/aromatic N) is 4. The number of thiazole rings is 1. The highest BCUT2D eigenvalue weighted by Crippen LogP contribution is 2.28. The van der Waals surface area contributed by atoms with Gasteiger partial charge >= 0.3 is 0 Å². The molecule has 0 aliphatic carbocycles. The van der Waals surface area contributed by atoms with Crippen molar-refractivity contribution in [3.8, 4) is 11.3 Å². The lowest BCUT2D eigenvalue weighted by Gasteiger charge is -2.32. The van der Waals surface area contributed by atoms with Crippen LogP contribution in [0.2, 0.25) is 0 Å². The van der Waals surface area contributed by atoms with Crippen molar-refractivity contribution in [3.63, 3.8) is 0 Å². The fourth-order valence-corrected chi connectivity index (χ4v) is 4.66. The molecule has 1 saturated heterocycles. The summed E-state index contributed by atoms with van der Waals surface area (Å²) >= 11 is 1.52. The van der Waals surface area contributed by atoms with E-state index in [9.17, 15) is 4.79 Å². The van der Waals surface area contributed by atoms with E-state index in [-0.39, 0.29) is 11.8 Å². The van der Waals surface area contributed by atoms with Crippen LogP contribution < -0.4 is 10.2 Å². The second-order valence-corrected chi connectivity index (χ2v) is 8.40. The van der Waals surface area contributed by atoms with E-state index in [1.165, 1.54) is 11.3 Å². The van der Waals surface area contributed by atoms with Crippen molar-refractivity contribution >= 4 is 38.4 Å². The third-order valence-electron chi connectivity index (χ3n) is 5.44. The summed E-state index contributed by atoms with van der Waals surface area (Å²) in [5.74, 6) is 0.957. The van der Waals surface area contributed by atoms with E-state index in [1.54, 1.807) is 6.33 Å². The number of carbonyl (C=O) groups excluding carboxylic acids is 1. The predicted molar refractivity (Wildman–Crippen MR) is 121 cm³/mol. The summed E-state index contributed by atoms with van der Waals surface area (Å²) in [4.78, 5) is 28.3. The lowest BCUT2D eigenvalue weighted by Crippen LogP contribution is -2.38. The van der Waals surface area contributed by atoms with Crippen molar-refractivity contribution in [2.24, 2.45) is 5.92 Å². The Morgan fingerprint density at radius 1 is 1.00 bits per heavy atom. The van der Waals surface area contributed by atoms with Gasteiger partial charge in [0.05, 0.1) is 15.9 Å². The molecule has 0 atom stereocenters. The van der Waals surface area contributed by atoms with Gasteiger partial charge in [0.25, 0.3) is 0 Å². The minimum atomic E-state index is -0.0105. The van der Waals surface area contributed by atoms with Gasteiger partial charge in [0.2, 0.25) is 5.91 Å². The van der Waals surface area contributed by atoms with E-state index in [0.717, 1.165) is 53.2 Å². The number of benzene rings is 2. The topological polar surface area (TPSA) is 71.0 Å². The van der Waals surface area contributed by atoms with Gasteiger partial charge in [-0.15, -0.1) is 0 Å². The molecular formula is C23H21N5OS. The van der Waals surface area contributed by atoms with Crippen molar-refractivity contribution in [3.05, 3.63) is 67.0 Å². The highest BCUT2D eigenvalue weighted by molar-refractivity contribution is 7.22. The standard InChI is InChI=1S/C23H21N5OS/c29-22(27-23-26-18-8-4-5-9-20(18)30-23)17-10-12-28(13-11-17)21-14-19(24-15-25-21)16-6-2-1-3-7-16/h1-9,14-15,17H,10-13H2,(H,26,27,29). The average Bonchev–Trinajstić information content (AvgIpc) is 3.22. The van der Waals surface area contributed by atoms with Crippen molar-refractivity contribution in [2.75, 3.05) is 23.3 Å². The maximum Gasteiger partial charge on any atom is 0.229 e. The molecule has 2 aromatic heterocycles. The van der Waals surface area contributed by atoms with Crippen LogP contribution in [0.25, 0.3) is 21.5 Å². The van der Waals surface area contributed by atoms with Gasteiger partial charge in [0.1, 0.15) is 12.1 Å². The number of nitrogens with one attached hydrogen (secondary N) is 1. The first kappa shape index (κ1) is 18.7. The first-order valence-corrected chi connectivity index (χ1v) is 10.9. The van der Waals surface area contributed by atoms with Crippen LogP contribution in [0.15, 0.2) is 67.0 Å². The summed E-state index contributed by atoms with van der Waals surface area (Å²) in [7, 11) is 0. The molecule has 0 bridgehead atoms. The Labute approximate surface area is 178 Å². The zero-order chi connectivity index (χ0) is 20.3. The molecule has 0 saturated carbocycles. The molecule has 0 radical (unpaired) electrons. The maximum atomic E-state index is 12.7. The van der Waals surface area contributed by atoms with Crippen LogP contribution in [0, 0.1) is 5.92 Å². The zero-order valence-corrected chi connectivity index (χ0v) is 17.2. The number of anilines is 2. The minimum Gasteiger partial charge on any atom is -0.356 e. The van der Waals surface area contributed by atoms with Gasteiger partial charge in [-0.05, 0) is 25.0 Å². The van der Waals surface area contributed by atoms with Crippen LogP contribution in [0.5, 0.6) is 0 Å². The number of piperidine rings is 1. The molecule has 30 heavy (non-hydrogen) atoms. The van der Waals surface area contributed by atoms with Crippen molar-refractivity contribution in [1.29, 1.82) is 0 Å². The number of rotatable bonds is 4. The Bertz CT molecular complexity index is 1140. The maximum absolute atomic E-state index is 12.7. The molecular weight excluding hydrogens is 394 g/mol. The van der Waals surface area contributed by atoms with Gasteiger partial charge in [-0.2, -0.15) is 0 Å². The minimum absolute atomic E-state index is 0.0105. The van der Waals surface area contributed by atoms with Crippen molar-refractivity contribution in [1.82, 2.24) is 15.0 Å². The summed E-state index contributed by atoms with van der Waals surface area (Å²) in [5.41, 5.74) is 2.91. The molecule has 7 heteroatoms. The Hall–Kier alpha value is -3.32. The third kappa shape index (κ3) is 3.89. The zero-order valence-electron chi connectivity index (χ0n) is 16.4. The molecule has 1 aliphatic rings.